The molecule has 0 saturated carbocycles. The number of benzene rings is 2. The van der Waals surface area contributed by atoms with E-state index in [9.17, 15) is 9.59 Å². The summed E-state index contributed by atoms with van der Waals surface area (Å²) in [6, 6.07) is 15.9. The Bertz CT molecular complexity index is 858. The molecule has 2 aromatic rings. The number of aliphatic imine (C=N–C) groups is 1. The number of aromatic carboxylic acids is 1. The van der Waals surface area contributed by atoms with Crippen molar-refractivity contribution in [2.75, 3.05) is 6.54 Å². The Kier molecular flexibility index (Phi) is 5.00. The molecule has 6 heteroatoms. The maximum atomic E-state index is 12.6. The number of carbonyl (C=O) groups is 2. The van der Waals surface area contributed by atoms with E-state index >= 15 is 0 Å². The summed E-state index contributed by atoms with van der Waals surface area (Å²) in [7, 11) is 0. The monoisotopic (exact) mass is 352 g/mol. The molecule has 126 valence electrons. The zero-order valence-electron chi connectivity index (χ0n) is 13.5. The van der Waals surface area contributed by atoms with Gasteiger partial charge in [0, 0.05) is 6.54 Å². The van der Waals surface area contributed by atoms with Crippen LogP contribution in [0.2, 0.25) is 0 Å². The van der Waals surface area contributed by atoms with Crippen LogP contribution in [-0.2, 0) is 4.79 Å². The fourth-order valence-electron chi connectivity index (χ4n) is 2.36. The second kappa shape index (κ2) is 7.36. The van der Waals surface area contributed by atoms with Gasteiger partial charge in [0.1, 0.15) is 0 Å². The van der Waals surface area contributed by atoms with Gasteiger partial charge in [-0.3, -0.25) is 9.69 Å². The normalized spacial score (nSPS) is 17.5. The SMILES string of the molecule is CCN1C(=O)C(=Cc2ccccc2)SC1=Nc1ccc(C(=O)O)cc1. The van der Waals surface area contributed by atoms with Gasteiger partial charge in [0.2, 0.25) is 0 Å². The number of hydrogen-bond donors (Lipinski definition) is 1. The minimum absolute atomic E-state index is 0.0720. The average molecular weight is 352 g/mol. The molecule has 5 nitrogen and oxygen atoms in total. The molecule has 0 aliphatic carbocycles. The van der Waals surface area contributed by atoms with Gasteiger partial charge in [0.25, 0.3) is 5.91 Å². The van der Waals surface area contributed by atoms with Crippen LogP contribution in [0.3, 0.4) is 0 Å². The highest BCUT2D eigenvalue weighted by Gasteiger charge is 2.32. The van der Waals surface area contributed by atoms with Crippen LogP contribution >= 0.6 is 11.8 Å². The average Bonchev–Trinajstić information content (AvgIpc) is 2.91. The summed E-state index contributed by atoms with van der Waals surface area (Å²) in [5, 5.41) is 9.54. The predicted molar refractivity (Wildman–Crippen MR) is 99.9 cm³/mol. The lowest BCUT2D eigenvalue weighted by atomic mass is 10.2. The van der Waals surface area contributed by atoms with Gasteiger partial charge in [-0.25, -0.2) is 9.79 Å². The van der Waals surface area contributed by atoms with Crippen LogP contribution in [0, 0.1) is 0 Å². The highest BCUT2D eigenvalue weighted by atomic mass is 32.2. The van der Waals surface area contributed by atoms with Gasteiger partial charge in [0.05, 0.1) is 16.2 Å². The molecule has 0 aromatic heterocycles. The van der Waals surface area contributed by atoms with Crippen LogP contribution in [-0.4, -0.2) is 33.6 Å². The molecule has 0 radical (unpaired) electrons. The maximum Gasteiger partial charge on any atom is 0.335 e. The molecule has 1 fully saturated rings. The minimum Gasteiger partial charge on any atom is -0.478 e. The second-order valence-corrected chi connectivity index (χ2v) is 6.33. The molecule has 0 bridgehead atoms. The predicted octanol–water partition coefficient (Wildman–Crippen LogP) is 4.01. The summed E-state index contributed by atoms with van der Waals surface area (Å²) < 4.78 is 0. The number of nitrogens with zero attached hydrogens (tertiary/aromatic N) is 2. The molecule has 2 aromatic carbocycles. The second-order valence-electron chi connectivity index (χ2n) is 5.32. The Labute approximate surface area is 149 Å². The molecule has 0 spiro atoms. The molecular formula is C19H16N2O3S. The van der Waals surface area contributed by atoms with Gasteiger partial charge in [-0.05, 0) is 54.6 Å². The minimum atomic E-state index is -0.979. The van der Waals surface area contributed by atoms with E-state index in [1.807, 2.05) is 43.3 Å². The van der Waals surface area contributed by atoms with Crippen molar-refractivity contribution >= 4 is 40.6 Å². The topological polar surface area (TPSA) is 70.0 Å². The lowest BCUT2D eigenvalue weighted by molar-refractivity contribution is -0.122. The first kappa shape index (κ1) is 17.0. The number of thioether (sulfide) groups is 1. The van der Waals surface area contributed by atoms with Crippen LogP contribution < -0.4 is 0 Å². The highest BCUT2D eigenvalue weighted by molar-refractivity contribution is 8.18. The number of carbonyl (C=O) groups excluding carboxylic acids is 1. The van der Waals surface area contributed by atoms with Crippen LogP contribution in [0.1, 0.15) is 22.8 Å². The van der Waals surface area contributed by atoms with E-state index in [1.54, 1.807) is 17.0 Å². The van der Waals surface area contributed by atoms with E-state index in [1.165, 1.54) is 23.9 Å². The van der Waals surface area contributed by atoms with Crippen LogP contribution in [0.5, 0.6) is 0 Å². The molecule has 1 saturated heterocycles. The van der Waals surface area contributed by atoms with Crippen molar-refractivity contribution in [3.05, 3.63) is 70.6 Å². The first-order chi connectivity index (χ1) is 12.1. The zero-order valence-corrected chi connectivity index (χ0v) is 14.4. The number of carboxylic acids is 1. The van der Waals surface area contributed by atoms with Gasteiger partial charge in [0.15, 0.2) is 5.17 Å². The van der Waals surface area contributed by atoms with E-state index < -0.39 is 5.97 Å². The first-order valence-corrected chi connectivity index (χ1v) is 8.58. The smallest absolute Gasteiger partial charge is 0.335 e. The molecule has 1 amide bonds. The summed E-state index contributed by atoms with van der Waals surface area (Å²) in [6.45, 7) is 2.41. The van der Waals surface area contributed by atoms with E-state index in [2.05, 4.69) is 4.99 Å². The van der Waals surface area contributed by atoms with Crippen molar-refractivity contribution in [3.8, 4) is 0 Å². The highest BCUT2D eigenvalue weighted by Crippen LogP contribution is 2.33. The van der Waals surface area contributed by atoms with Crippen LogP contribution in [0.25, 0.3) is 6.08 Å². The maximum absolute atomic E-state index is 12.6. The van der Waals surface area contributed by atoms with Crippen molar-refractivity contribution in [2.24, 2.45) is 4.99 Å². The fraction of sp³-hybridized carbons (Fsp3) is 0.105. The molecule has 1 N–H and O–H groups in total. The third-order valence-corrected chi connectivity index (χ3v) is 4.65. The van der Waals surface area contributed by atoms with Crippen molar-refractivity contribution in [3.63, 3.8) is 0 Å². The fourth-order valence-corrected chi connectivity index (χ4v) is 3.42. The molecule has 1 aliphatic heterocycles. The largest absolute Gasteiger partial charge is 0.478 e. The Hall–Kier alpha value is -2.86. The molecule has 0 atom stereocenters. The third kappa shape index (κ3) is 3.80. The van der Waals surface area contributed by atoms with Crippen molar-refractivity contribution in [1.29, 1.82) is 0 Å². The number of amidine groups is 1. The summed E-state index contributed by atoms with van der Waals surface area (Å²) in [5.41, 5.74) is 1.78. The van der Waals surface area contributed by atoms with Gasteiger partial charge in [-0.1, -0.05) is 30.3 Å². The van der Waals surface area contributed by atoms with E-state index in [0.717, 1.165) is 5.56 Å². The number of rotatable bonds is 4. The van der Waals surface area contributed by atoms with Gasteiger partial charge in [-0.15, -0.1) is 0 Å². The van der Waals surface area contributed by atoms with E-state index in [-0.39, 0.29) is 11.5 Å². The molecule has 0 unspecified atom stereocenters. The Balaban J connectivity index is 1.89. The van der Waals surface area contributed by atoms with Crippen LogP contribution in [0.4, 0.5) is 5.69 Å². The summed E-state index contributed by atoms with van der Waals surface area (Å²) in [5.74, 6) is -1.05. The summed E-state index contributed by atoms with van der Waals surface area (Å²) >= 11 is 1.32. The summed E-state index contributed by atoms with van der Waals surface area (Å²) in [4.78, 5) is 30.2. The quantitative estimate of drug-likeness (QED) is 0.844. The first-order valence-electron chi connectivity index (χ1n) is 7.77. The standard InChI is InChI=1S/C19H16N2O3S/c1-2-21-17(22)16(12-13-6-4-3-5-7-13)25-19(21)20-15-10-8-14(9-11-15)18(23)24/h3-12H,2H2,1H3,(H,23,24). The summed E-state index contributed by atoms with van der Waals surface area (Å²) in [6.07, 6.45) is 1.85. The Morgan fingerprint density at radius 1 is 1.16 bits per heavy atom. The Morgan fingerprint density at radius 2 is 1.84 bits per heavy atom. The number of hydrogen-bond acceptors (Lipinski definition) is 4. The zero-order chi connectivity index (χ0) is 17.8. The molecule has 1 aliphatic rings. The van der Waals surface area contributed by atoms with Crippen molar-refractivity contribution in [2.45, 2.75) is 6.92 Å². The van der Waals surface area contributed by atoms with E-state index in [4.69, 9.17) is 5.11 Å². The lowest BCUT2D eigenvalue weighted by Gasteiger charge is -2.12. The Morgan fingerprint density at radius 3 is 2.44 bits per heavy atom. The van der Waals surface area contributed by atoms with Crippen molar-refractivity contribution in [1.82, 2.24) is 4.90 Å². The van der Waals surface area contributed by atoms with Crippen molar-refractivity contribution < 1.29 is 14.7 Å². The van der Waals surface area contributed by atoms with Gasteiger partial charge in [-0.2, -0.15) is 0 Å². The number of carboxylic acid groups (broad SMARTS) is 1. The molecule has 25 heavy (non-hydrogen) atoms. The molecule has 3 rings (SSSR count). The van der Waals surface area contributed by atoms with Gasteiger partial charge >= 0.3 is 5.97 Å². The van der Waals surface area contributed by atoms with E-state index in [0.29, 0.717) is 22.3 Å². The number of amides is 1. The number of likely N-dealkylation sites (N-methyl/N-ethyl adjacent to an activating group) is 1. The third-order valence-electron chi connectivity index (χ3n) is 3.64. The lowest BCUT2D eigenvalue weighted by Crippen LogP contribution is -2.28. The van der Waals surface area contributed by atoms with Crippen LogP contribution in [0.15, 0.2) is 64.5 Å². The molecule has 1 heterocycles. The van der Waals surface area contributed by atoms with Gasteiger partial charge < -0.3 is 5.11 Å². The molecular weight excluding hydrogens is 336 g/mol.